The van der Waals surface area contributed by atoms with Gasteiger partial charge in [0.2, 0.25) is 0 Å². The fraction of sp³-hybridized carbons (Fsp3) is 0.455. The average Bonchev–Trinajstić information content (AvgIpc) is 2.91. The van der Waals surface area contributed by atoms with Crippen LogP contribution in [0.5, 0.6) is 0 Å². The fourth-order valence-corrected chi connectivity index (χ4v) is 3.50. The van der Waals surface area contributed by atoms with E-state index in [1.165, 1.54) is 6.92 Å². The van der Waals surface area contributed by atoms with Crippen molar-refractivity contribution >= 4 is 23.7 Å². The van der Waals surface area contributed by atoms with Crippen molar-refractivity contribution in [1.29, 1.82) is 0 Å². The number of fused-ring (bicyclic) bond motifs is 1. The van der Waals surface area contributed by atoms with Gasteiger partial charge in [0.1, 0.15) is 11.9 Å². The van der Waals surface area contributed by atoms with E-state index in [0.717, 1.165) is 0 Å². The third-order valence-corrected chi connectivity index (χ3v) is 5.03. The molecule has 1 heterocycles. The summed E-state index contributed by atoms with van der Waals surface area (Å²) < 4.78 is 16.5. The molecule has 156 valence electrons. The minimum absolute atomic E-state index is 0.0493. The lowest BCUT2D eigenvalue weighted by molar-refractivity contribution is -0.162. The molecule has 0 aromatic rings. The van der Waals surface area contributed by atoms with E-state index in [0.29, 0.717) is 16.7 Å². The van der Waals surface area contributed by atoms with Gasteiger partial charge in [0.25, 0.3) is 0 Å². The van der Waals surface area contributed by atoms with E-state index in [-0.39, 0.29) is 30.6 Å². The van der Waals surface area contributed by atoms with E-state index in [1.54, 1.807) is 19.9 Å². The standard InChI is InChI=1S/C22H26O7/c1-7-12(3)21(25)28-17-9-11(2)8-16(24)10-13(4)19(27-15(6)23)20-18(17)14(5)22(26)29-20/h7,17-20H,2,4-5,8-10H2,1,3,6H3. The molecule has 0 aromatic heterocycles. The number of rotatable bonds is 3. The molecular formula is C22H26O7. The Balaban J connectivity index is 2.52. The summed E-state index contributed by atoms with van der Waals surface area (Å²) in [5.41, 5.74) is 1.34. The summed E-state index contributed by atoms with van der Waals surface area (Å²) >= 11 is 0. The number of Topliss-reactive ketones (excluding diaryl/α,β-unsaturated/α-hetero) is 1. The Morgan fingerprint density at radius 2 is 1.76 bits per heavy atom. The van der Waals surface area contributed by atoms with Crippen molar-refractivity contribution in [1.82, 2.24) is 0 Å². The highest BCUT2D eigenvalue weighted by molar-refractivity contribution is 5.92. The Morgan fingerprint density at radius 1 is 1.10 bits per heavy atom. The van der Waals surface area contributed by atoms with Gasteiger partial charge in [-0.1, -0.05) is 31.4 Å². The van der Waals surface area contributed by atoms with Gasteiger partial charge >= 0.3 is 17.9 Å². The Hall–Kier alpha value is -2.96. The van der Waals surface area contributed by atoms with Crippen LogP contribution >= 0.6 is 0 Å². The maximum Gasteiger partial charge on any atom is 0.334 e. The van der Waals surface area contributed by atoms with Crippen LogP contribution in [-0.4, -0.2) is 42.0 Å². The van der Waals surface area contributed by atoms with Crippen molar-refractivity contribution in [3.63, 3.8) is 0 Å². The van der Waals surface area contributed by atoms with Crippen LogP contribution in [0.3, 0.4) is 0 Å². The summed E-state index contributed by atoms with van der Waals surface area (Å²) in [5.74, 6) is -2.81. The zero-order valence-electron chi connectivity index (χ0n) is 17.0. The Bertz CT molecular complexity index is 817. The molecule has 0 amide bonds. The van der Waals surface area contributed by atoms with Crippen LogP contribution in [0.1, 0.15) is 40.0 Å². The van der Waals surface area contributed by atoms with Gasteiger partial charge in [-0.25, -0.2) is 9.59 Å². The fourth-order valence-electron chi connectivity index (χ4n) is 3.50. The third-order valence-electron chi connectivity index (χ3n) is 5.03. The number of ether oxygens (including phenoxy) is 3. The number of hydrogen-bond donors (Lipinski definition) is 0. The number of carbonyl (C=O) groups excluding carboxylic acids is 4. The van der Waals surface area contributed by atoms with Crippen LogP contribution in [0.25, 0.3) is 0 Å². The highest BCUT2D eigenvalue weighted by atomic mass is 16.6. The largest absolute Gasteiger partial charge is 0.458 e. The summed E-state index contributed by atoms with van der Waals surface area (Å²) in [4.78, 5) is 48.7. The molecule has 1 aliphatic heterocycles. The lowest BCUT2D eigenvalue weighted by atomic mass is 9.81. The topological polar surface area (TPSA) is 96.0 Å². The molecule has 7 heteroatoms. The number of ketones is 1. The molecule has 2 fully saturated rings. The lowest BCUT2D eigenvalue weighted by Gasteiger charge is -2.33. The zero-order chi connectivity index (χ0) is 21.9. The number of esters is 3. The predicted octanol–water partition coefficient (Wildman–Crippen LogP) is 2.76. The van der Waals surface area contributed by atoms with E-state index >= 15 is 0 Å². The minimum atomic E-state index is -1.06. The van der Waals surface area contributed by atoms with E-state index in [9.17, 15) is 19.2 Å². The van der Waals surface area contributed by atoms with Crippen molar-refractivity contribution in [2.45, 2.75) is 58.3 Å². The first-order valence-corrected chi connectivity index (χ1v) is 9.32. The highest BCUT2D eigenvalue weighted by Gasteiger charge is 2.51. The molecule has 2 aliphatic rings. The summed E-state index contributed by atoms with van der Waals surface area (Å²) in [5, 5.41) is 0. The van der Waals surface area contributed by atoms with Gasteiger partial charge in [-0.2, -0.15) is 0 Å². The van der Waals surface area contributed by atoms with E-state index in [4.69, 9.17) is 14.2 Å². The smallest absolute Gasteiger partial charge is 0.334 e. The van der Waals surface area contributed by atoms with Crippen molar-refractivity contribution in [2.75, 3.05) is 0 Å². The van der Waals surface area contributed by atoms with Crippen LogP contribution in [-0.2, 0) is 33.4 Å². The first-order valence-electron chi connectivity index (χ1n) is 9.32. The molecule has 0 bridgehead atoms. The second kappa shape index (κ2) is 9.03. The van der Waals surface area contributed by atoms with Gasteiger partial charge < -0.3 is 14.2 Å². The molecule has 29 heavy (non-hydrogen) atoms. The Labute approximate surface area is 170 Å². The predicted molar refractivity (Wildman–Crippen MR) is 105 cm³/mol. The first kappa shape index (κ1) is 22.3. The molecule has 4 atom stereocenters. The van der Waals surface area contributed by atoms with Gasteiger partial charge in [0.05, 0.1) is 5.92 Å². The molecule has 1 aliphatic carbocycles. The highest BCUT2D eigenvalue weighted by Crippen LogP contribution is 2.39. The van der Waals surface area contributed by atoms with Crippen molar-refractivity contribution in [2.24, 2.45) is 5.92 Å². The molecular weight excluding hydrogens is 376 g/mol. The summed E-state index contributed by atoms with van der Waals surface area (Å²) in [6.07, 6.45) is -1.18. The van der Waals surface area contributed by atoms with Gasteiger partial charge in [0, 0.05) is 37.3 Å². The molecule has 2 rings (SSSR count). The van der Waals surface area contributed by atoms with Crippen molar-refractivity contribution in [3.05, 3.63) is 48.1 Å². The van der Waals surface area contributed by atoms with E-state index in [1.807, 2.05) is 0 Å². The third kappa shape index (κ3) is 5.10. The van der Waals surface area contributed by atoms with Crippen LogP contribution in [0.15, 0.2) is 48.1 Å². The maximum absolute atomic E-state index is 12.4. The van der Waals surface area contributed by atoms with Crippen LogP contribution < -0.4 is 0 Å². The Morgan fingerprint density at radius 3 is 2.34 bits per heavy atom. The maximum atomic E-state index is 12.4. The van der Waals surface area contributed by atoms with E-state index < -0.39 is 42.1 Å². The molecule has 1 saturated heterocycles. The number of carbonyl (C=O) groups is 4. The molecule has 0 aromatic carbocycles. The molecule has 1 saturated carbocycles. The van der Waals surface area contributed by atoms with Crippen LogP contribution in [0, 0.1) is 5.92 Å². The minimum Gasteiger partial charge on any atom is -0.458 e. The molecule has 0 spiro atoms. The van der Waals surface area contributed by atoms with Crippen LogP contribution in [0.4, 0.5) is 0 Å². The zero-order valence-corrected chi connectivity index (χ0v) is 17.0. The summed E-state index contributed by atoms with van der Waals surface area (Å²) in [7, 11) is 0. The van der Waals surface area contributed by atoms with Gasteiger partial charge in [-0.15, -0.1) is 0 Å². The van der Waals surface area contributed by atoms with Gasteiger partial charge in [-0.05, 0) is 19.4 Å². The molecule has 7 nitrogen and oxygen atoms in total. The van der Waals surface area contributed by atoms with Crippen molar-refractivity contribution in [3.8, 4) is 0 Å². The Kier molecular flexibility index (Phi) is 6.95. The van der Waals surface area contributed by atoms with E-state index in [2.05, 4.69) is 19.7 Å². The quantitative estimate of drug-likeness (QED) is 0.310. The molecule has 4 unspecified atom stereocenters. The van der Waals surface area contributed by atoms with Gasteiger partial charge in [0.15, 0.2) is 12.2 Å². The lowest BCUT2D eigenvalue weighted by Crippen LogP contribution is -2.43. The SMILES string of the molecule is C=C1CC(=O)CC(=C)C(OC(C)=O)C2OC(=O)C(=C)C2C(OC(=O)C(C)=CC)C1. The van der Waals surface area contributed by atoms with Crippen molar-refractivity contribution < 1.29 is 33.4 Å². The number of allylic oxidation sites excluding steroid dienone is 1. The molecule has 0 radical (unpaired) electrons. The normalized spacial score (nSPS) is 28.5. The average molecular weight is 402 g/mol. The summed E-state index contributed by atoms with van der Waals surface area (Å²) in [6, 6.07) is 0. The second-order valence-corrected chi connectivity index (χ2v) is 7.37. The van der Waals surface area contributed by atoms with Crippen LogP contribution in [0.2, 0.25) is 0 Å². The monoisotopic (exact) mass is 402 g/mol. The number of hydrogen-bond acceptors (Lipinski definition) is 7. The second-order valence-electron chi connectivity index (χ2n) is 7.37. The van der Waals surface area contributed by atoms with Gasteiger partial charge in [-0.3, -0.25) is 9.59 Å². The summed E-state index contributed by atoms with van der Waals surface area (Å²) in [6.45, 7) is 16.1. The first-order chi connectivity index (χ1) is 13.5. The molecule has 0 N–H and O–H groups in total.